The number of rotatable bonds is 5. The van der Waals surface area contributed by atoms with Gasteiger partial charge in [0, 0.05) is 41.2 Å². The Bertz CT molecular complexity index is 1140. The van der Waals surface area contributed by atoms with Crippen molar-refractivity contribution in [1.82, 2.24) is 0 Å². The van der Waals surface area contributed by atoms with Gasteiger partial charge in [0.25, 0.3) is 11.8 Å². The standard InChI is InChI=1S/C26H25N3O3/c1-18-22(26(32)27-20-8-3-2-4-9-20)10-7-11-23(18)28-25(31)19-13-15-21(16-14-19)29-17-6-5-12-24(29)30/h2-4,7-11,13-16H,5-6,12,17H2,1H3,(H,27,32)(H,28,31). The van der Waals surface area contributed by atoms with Crippen molar-refractivity contribution < 1.29 is 14.4 Å². The summed E-state index contributed by atoms with van der Waals surface area (Å²) in [4.78, 5) is 39.4. The maximum absolute atomic E-state index is 12.8. The Labute approximate surface area is 187 Å². The number of carbonyl (C=O) groups is 3. The molecule has 0 spiro atoms. The highest BCUT2D eigenvalue weighted by atomic mass is 16.2. The minimum absolute atomic E-state index is 0.120. The van der Waals surface area contributed by atoms with Crippen LogP contribution >= 0.6 is 0 Å². The van der Waals surface area contributed by atoms with Gasteiger partial charge in [-0.1, -0.05) is 24.3 Å². The Morgan fingerprint density at radius 2 is 1.56 bits per heavy atom. The van der Waals surface area contributed by atoms with Crippen molar-refractivity contribution in [2.75, 3.05) is 22.1 Å². The maximum Gasteiger partial charge on any atom is 0.256 e. The predicted molar refractivity (Wildman–Crippen MR) is 126 cm³/mol. The topological polar surface area (TPSA) is 78.5 Å². The fourth-order valence-electron chi connectivity index (χ4n) is 3.80. The van der Waals surface area contributed by atoms with E-state index >= 15 is 0 Å². The fraction of sp³-hybridized carbons (Fsp3) is 0.192. The second-order valence-corrected chi connectivity index (χ2v) is 7.80. The third kappa shape index (κ3) is 4.70. The van der Waals surface area contributed by atoms with Gasteiger partial charge in [-0.05, 0) is 73.9 Å². The van der Waals surface area contributed by atoms with Gasteiger partial charge in [0.2, 0.25) is 5.91 Å². The predicted octanol–water partition coefficient (Wildman–Crippen LogP) is 5.02. The van der Waals surface area contributed by atoms with Crippen molar-refractivity contribution in [2.24, 2.45) is 0 Å². The Hall–Kier alpha value is -3.93. The highest BCUT2D eigenvalue weighted by molar-refractivity contribution is 6.09. The van der Waals surface area contributed by atoms with E-state index in [2.05, 4.69) is 10.6 Å². The lowest BCUT2D eigenvalue weighted by atomic mass is 10.0. The molecule has 0 aromatic heterocycles. The average molecular weight is 428 g/mol. The van der Waals surface area contributed by atoms with Gasteiger partial charge < -0.3 is 15.5 Å². The van der Waals surface area contributed by atoms with E-state index < -0.39 is 0 Å². The molecule has 6 heteroatoms. The molecule has 1 saturated heterocycles. The second-order valence-electron chi connectivity index (χ2n) is 7.80. The number of para-hydroxylation sites is 1. The van der Waals surface area contributed by atoms with Crippen LogP contribution < -0.4 is 15.5 Å². The molecule has 162 valence electrons. The van der Waals surface area contributed by atoms with Crippen LogP contribution in [0.2, 0.25) is 0 Å². The van der Waals surface area contributed by atoms with E-state index in [0.29, 0.717) is 41.0 Å². The summed E-state index contributed by atoms with van der Waals surface area (Å²) < 4.78 is 0. The van der Waals surface area contributed by atoms with Gasteiger partial charge in [-0.25, -0.2) is 0 Å². The number of hydrogen-bond acceptors (Lipinski definition) is 3. The second kappa shape index (κ2) is 9.47. The molecule has 1 heterocycles. The summed E-state index contributed by atoms with van der Waals surface area (Å²) in [5.74, 6) is -0.389. The van der Waals surface area contributed by atoms with Crippen molar-refractivity contribution >= 4 is 34.8 Å². The molecule has 0 aliphatic carbocycles. The first-order valence-electron chi connectivity index (χ1n) is 10.7. The molecule has 4 rings (SSSR count). The smallest absolute Gasteiger partial charge is 0.256 e. The van der Waals surface area contributed by atoms with Crippen LogP contribution in [0.4, 0.5) is 17.1 Å². The van der Waals surface area contributed by atoms with Crippen LogP contribution in [-0.4, -0.2) is 24.3 Å². The van der Waals surface area contributed by atoms with Gasteiger partial charge in [0.15, 0.2) is 0 Å². The third-order valence-electron chi connectivity index (χ3n) is 5.62. The van der Waals surface area contributed by atoms with Gasteiger partial charge in [0.1, 0.15) is 0 Å². The first-order valence-corrected chi connectivity index (χ1v) is 10.7. The number of anilines is 3. The normalized spacial score (nSPS) is 13.5. The molecule has 2 N–H and O–H groups in total. The lowest BCUT2D eigenvalue weighted by Gasteiger charge is -2.26. The highest BCUT2D eigenvalue weighted by Crippen LogP contribution is 2.23. The first kappa shape index (κ1) is 21.3. The molecule has 3 amide bonds. The Kier molecular flexibility index (Phi) is 6.31. The summed E-state index contributed by atoms with van der Waals surface area (Å²) in [5, 5.41) is 5.76. The first-order chi connectivity index (χ1) is 15.5. The van der Waals surface area contributed by atoms with Crippen LogP contribution in [0.15, 0.2) is 72.8 Å². The molecule has 0 bridgehead atoms. The van der Waals surface area contributed by atoms with Gasteiger partial charge in [0.05, 0.1) is 0 Å². The van der Waals surface area contributed by atoms with Crippen LogP contribution in [0.1, 0.15) is 45.5 Å². The SMILES string of the molecule is Cc1c(NC(=O)c2ccc(N3CCCCC3=O)cc2)cccc1C(=O)Nc1ccccc1. The molecule has 6 nitrogen and oxygen atoms in total. The molecular weight excluding hydrogens is 402 g/mol. The largest absolute Gasteiger partial charge is 0.322 e. The molecule has 0 radical (unpaired) electrons. The van der Waals surface area contributed by atoms with Crippen LogP contribution in [0.3, 0.4) is 0 Å². The number of piperidine rings is 1. The Morgan fingerprint density at radius 1 is 0.812 bits per heavy atom. The molecule has 3 aromatic rings. The van der Waals surface area contributed by atoms with Crippen molar-refractivity contribution in [1.29, 1.82) is 0 Å². The number of carbonyl (C=O) groups excluding carboxylic acids is 3. The molecule has 0 atom stereocenters. The quantitative estimate of drug-likeness (QED) is 0.600. The molecule has 1 aliphatic rings. The van der Waals surface area contributed by atoms with E-state index in [9.17, 15) is 14.4 Å². The number of nitrogens with one attached hydrogen (secondary N) is 2. The average Bonchev–Trinajstić information content (AvgIpc) is 2.81. The van der Waals surface area contributed by atoms with E-state index in [1.54, 1.807) is 54.3 Å². The van der Waals surface area contributed by atoms with Gasteiger partial charge >= 0.3 is 0 Å². The molecule has 1 aliphatic heterocycles. The molecule has 0 saturated carbocycles. The zero-order valence-electron chi connectivity index (χ0n) is 17.9. The molecule has 32 heavy (non-hydrogen) atoms. The summed E-state index contributed by atoms with van der Waals surface area (Å²) >= 11 is 0. The maximum atomic E-state index is 12.8. The summed E-state index contributed by atoms with van der Waals surface area (Å²) in [6, 6.07) is 21.5. The van der Waals surface area contributed by atoms with Crippen LogP contribution in [0.5, 0.6) is 0 Å². The van der Waals surface area contributed by atoms with Gasteiger partial charge in [-0.15, -0.1) is 0 Å². The minimum Gasteiger partial charge on any atom is -0.322 e. The summed E-state index contributed by atoms with van der Waals surface area (Å²) in [7, 11) is 0. The zero-order valence-corrected chi connectivity index (χ0v) is 17.9. The van der Waals surface area contributed by atoms with E-state index in [4.69, 9.17) is 0 Å². The number of nitrogens with zero attached hydrogens (tertiary/aromatic N) is 1. The van der Waals surface area contributed by atoms with Crippen molar-refractivity contribution in [3.05, 3.63) is 89.5 Å². The van der Waals surface area contributed by atoms with Crippen LogP contribution in [0.25, 0.3) is 0 Å². The Balaban J connectivity index is 1.47. The third-order valence-corrected chi connectivity index (χ3v) is 5.62. The van der Waals surface area contributed by atoms with Gasteiger partial charge in [-0.2, -0.15) is 0 Å². The van der Waals surface area contributed by atoms with Crippen molar-refractivity contribution in [3.63, 3.8) is 0 Å². The molecule has 0 unspecified atom stereocenters. The summed E-state index contributed by atoms with van der Waals surface area (Å²) in [5.41, 5.74) is 3.75. The lowest BCUT2D eigenvalue weighted by Crippen LogP contribution is -2.35. The lowest BCUT2D eigenvalue weighted by molar-refractivity contribution is -0.119. The molecule has 1 fully saturated rings. The Morgan fingerprint density at radius 3 is 2.28 bits per heavy atom. The fourth-order valence-corrected chi connectivity index (χ4v) is 3.80. The number of amides is 3. The van der Waals surface area contributed by atoms with Gasteiger partial charge in [-0.3, -0.25) is 14.4 Å². The number of benzene rings is 3. The molecular formula is C26H25N3O3. The summed E-state index contributed by atoms with van der Waals surface area (Å²) in [6.07, 6.45) is 2.48. The van der Waals surface area contributed by atoms with E-state index in [1.807, 2.05) is 30.3 Å². The van der Waals surface area contributed by atoms with E-state index in [-0.39, 0.29) is 17.7 Å². The van der Waals surface area contributed by atoms with Crippen molar-refractivity contribution in [2.45, 2.75) is 26.2 Å². The van der Waals surface area contributed by atoms with Crippen molar-refractivity contribution in [3.8, 4) is 0 Å². The highest BCUT2D eigenvalue weighted by Gasteiger charge is 2.20. The summed E-state index contributed by atoms with van der Waals surface area (Å²) in [6.45, 7) is 2.52. The molecule has 3 aromatic carbocycles. The van der Waals surface area contributed by atoms with E-state index in [1.165, 1.54) is 0 Å². The number of hydrogen-bond donors (Lipinski definition) is 2. The van der Waals surface area contributed by atoms with E-state index in [0.717, 1.165) is 18.5 Å². The minimum atomic E-state index is -0.273. The zero-order chi connectivity index (χ0) is 22.5. The monoisotopic (exact) mass is 427 g/mol. The van der Waals surface area contributed by atoms with Crippen LogP contribution in [0, 0.1) is 6.92 Å². The van der Waals surface area contributed by atoms with Crippen LogP contribution in [-0.2, 0) is 4.79 Å².